The number of nitrogens with two attached hydrogens (primary N) is 1. The molecule has 2 N–H and O–H groups in total. The van der Waals surface area contributed by atoms with Gasteiger partial charge in [-0.25, -0.2) is 4.98 Å². The summed E-state index contributed by atoms with van der Waals surface area (Å²) in [6, 6.07) is 2.57. The van der Waals surface area contributed by atoms with E-state index < -0.39 is 0 Å². The minimum atomic E-state index is 0.490. The Morgan fingerprint density at radius 3 is 2.81 bits per heavy atom. The molecular formula is C12H18ClN3. The minimum absolute atomic E-state index is 0.490. The summed E-state index contributed by atoms with van der Waals surface area (Å²) in [5.74, 6) is 0.920. The first-order valence-corrected chi connectivity index (χ1v) is 6.25. The smallest absolute Gasteiger partial charge is 0.147 e. The van der Waals surface area contributed by atoms with Crippen molar-refractivity contribution in [3.63, 3.8) is 0 Å². The third-order valence-electron chi connectivity index (χ3n) is 2.84. The Morgan fingerprint density at radius 2 is 2.31 bits per heavy atom. The van der Waals surface area contributed by atoms with Crippen LogP contribution in [0.4, 0.5) is 5.82 Å². The highest BCUT2D eigenvalue weighted by Gasteiger charge is 2.30. The predicted octanol–water partition coefficient (Wildman–Crippen LogP) is 2.57. The highest BCUT2D eigenvalue weighted by atomic mass is 35.5. The van der Waals surface area contributed by atoms with E-state index in [1.165, 1.54) is 12.8 Å². The average molecular weight is 240 g/mol. The van der Waals surface area contributed by atoms with Gasteiger partial charge in [0.2, 0.25) is 0 Å². The number of aromatic nitrogens is 1. The third-order valence-corrected chi connectivity index (χ3v) is 3.12. The van der Waals surface area contributed by atoms with Crippen molar-refractivity contribution in [3.05, 3.63) is 22.8 Å². The molecule has 0 radical (unpaired) electrons. The number of anilines is 1. The molecule has 0 aliphatic heterocycles. The quantitative estimate of drug-likeness (QED) is 0.859. The van der Waals surface area contributed by atoms with E-state index >= 15 is 0 Å². The van der Waals surface area contributed by atoms with Crippen LogP contribution in [0.5, 0.6) is 0 Å². The Morgan fingerprint density at radius 1 is 1.56 bits per heavy atom. The van der Waals surface area contributed by atoms with E-state index in [2.05, 4.69) is 16.8 Å². The Labute approximate surface area is 102 Å². The lowest BCUT2D eigenvalue weighted by molar-refractivity contribution is 0.750. The zero-order valence-corrected chi connectivity index (χ0v) is 10.4. The average Bonchev–Trinajstić information content (AvgIpc) is 3.10. The molecule has 1 heterocycles. The fourth-order valence-electron chi connectivity index (χ4n) is 1.88. The van der Waals surface area contributed by atoms with Crippen LogP contribution < -0.4 is 10.6 Å². The Kier molecular flexibility index (Phi) is 3.66. The summed E-state index contributed by atoms with van der Waals surface area (Å²) in [4.78, 5) is 6.77. The van der Waals surface area contributed by atoms with E-state index in [1.807, 2.05) is 12.3 Å². The Hall–Kier alpha value is -0.800. The lowest BCUT2D eigenvalue weighted by Gasteiger charge is -2.24. The van der Waals surface area contributed by atoms with Crippen LogP contribution in [0.15, 0.2) is 12.3 Å². The van der Waals surface area contributed by atoms with Crippen LogP contribution in [0.1, 0.15) is 31.7 Å². The van der Waals surface area contributed by atoms with Gasteiger partial charge in [-0.1, -0.05) is 18.5 Å². The number of pyridine rings is 1. The highest BCUT2D eigenvalue weighted by Crippen LogP contribution is 2.34. The summed E-state index contributed by atoms with van der Waals surface area (Å²) >= 11 is 6.25. The summed E-state index contributed by atoms with van der Waals surface area (Å²) < 4.78 is 0. The lowest BCUT2D eigenvalue weighted by atomic mass is 10.2. The van der Waals surface area contributed by atoms with Gasteiger partial charge >= 0.3 is 0 Å². The monoisotopic (exact) mass is 239 g/mol. The van der Waals surface area contributed by atoms with E-state index in [9.17, 15) is 0 Å². The number of halogens is 1. The van der Waals surface area contributed by atoms with E-state index in [-0.39, 0.29) is 0 Å². The van der Waals surface area contributed by atoms with E-state index in [4.69, 9.17) is 17.3 Å². The van der Waals surface area contributed by atoms with Gasteiger partial charge < -0.3 is 10.6 Å². The van der Waals surface area contributed by atoms with Crippen LogP contribution in [-0.2, 0) is 6.54 Å². The van der Waals surface area contributed by atoms with Crippen molar-refractivity contribution in [2.24, 2.45) is 5.73 Å². The van der Waals surface area contributed by atoms with E-state index in [0.29, 0.717) is 12.6 Å². The molecule has 1 aromatic heterocycles. The van der Waals surface area contributed by atoms with Crippen LogP contribution in [-0.4, -0.2) is 17.6 Å². The molecule has 0 aromatic carbocycles. The van der Waals surface area contributed by atoms with Gasteiger partial charge in [-0.2, -0.15) is 0 Å². The summed E-state index contributed by atoms with van der Waals surface area (Å²) in [5.41, 5.74) is 6.55. The maximum atomic E-state index is 6.25. The van der Waals surface area contributed by atoms with Crippen molar-refractivity contribution < 1.29 is 0 Å². The van der Waals surface area contributed by atoms with Crippen molar-refractivity contribution in [2.75, 3.05) is 11.4 Å². The van der Waals surface area contributed by atoms with Crippen LogP contribution >= 0.6 is 11.6 Å². The molecule has 1 aromatic rings. The predicted molar refractivity (Wildman–Crippen MR) is 67.8 cm³/mol. The Bertz CT molecular complexity index is 363. The van der Waals surface area contributed by atoms with Crippen LogP contribution in [0.25, 0.3) is 0 Å². The summed E-state index contributed by atoms with van der Waals surface area (Å²) in [7, 11) is 0. The van der Waals surface area contributed by atoms with Crippen molar-refractivity contribution in [3.8, 4) is 0 Å². The SMILES string of the molecule is CCCN(c1ncc(CN)cc1Cl)C1CC1. The second-order valence-electron chi connectivity index (χ2n) is 4.28. The molecule has 0 saturated heterocycles. The Balaban J connectivity index is 2.22. The van der Waals surface area contributed by atoms with E-state index in [1.54, 1.807) is 0 Å². The zero-order valence-electron chi connectivity index (χ0n) is 9.62. The summed E-state index contributed by atoms with van der Waals surface area (Å²) in [6.45, 7) is 3.70. The molecule has 0 spiro atoms. The third kappa shape index (κ3) is 2.47. The van der Waals surface area contributed by atoms with E-state index in [0.717, 1.165) is 29.4 Å². The fourth-order valence-corrected chi connectivity index (χ4v) is 2.18. The van der Waals surface area contributed by atoms with Gasteiger partial charge in [0.1, 0.15) is 5.82 Å². The lowest BCUT2D eigenvalue weighted by Crippen LogP contribution is -2.27. The molecule has 0 atom stereocenters. The number of rotatable bonds is 5. The van der Waals surface area contributed by atoms with Gasteiger partial charge in [0, 0.05) is 25.3 Å². The first-order valence-electron chi connectivity index (χ1n) is 5.87. The molecule has 2 rings (SSSR count). The summed E-state index contributed by atoms with van der Waals surface area (Å²) in [5, 5.41) is 0.725. The van der Waals surface area contributed by atoms with Gasteiger partial charge in [0.15, 0.2) is 0 Å². The largest absolute Gasteiger partial charge is 0.352 e. The molecule has 1 aliphatic rings. The first kappa shape index (κ1) is 11.7. The molecule has 0 amide bonds. The number of hydrogen-bond donors (Lipinski definition) is 1. The molecule has 0 unspecified atom stereocenters. The molecule has 16 heavy (non-hydrogen) atoms. The molecule has 88 valence electrons. The molecule has 4 heteroatoms. The van der Waals surface area contributed by atoms with Crippen molar-refractivity contribution in [1.82, 2.24) is 4.98 Å². The molecular weight excluding hydrogens is 222 g/mol. The standard InChI is InChI=1S/C12H18ClN3/c1-2-5-16(10-3-4-10)12-11(13)6-9(7-14)8-15-12/h6,8,10H,2-5,7,14H2,1H3. The molecule has 1 aliphatic carbocycles. The first-order chi connectivity index (χ1) is 7.76. The van der Waals surface area contributed by atoms with Gasteiger partial charge in [0.25, 0.3) is 0 Å². The molecule has 1 fully saturated rings. The second kappa shape index (κ2) is 5.02. The molecule has 1 saturated carbocycles. The van der Waals surface area contributed by atoms with Gasteiger partial charge in [-0.3, -0.25) is 0 Å². The summed E-state index contributed by atoms with van der Waals surface area (Å²) in [6.07, 6.45) is 5.46. The van der Waals surface area contributed by atoms with Crippen molar-refractivity contribution in [1.29, 1.82) is 0 Å². The number of hydrogen-bond acceptors (Lipinski definition) is 3. The fraction of sp³-hybridized carbons (Fsp3) is 0.583. The van der Waals surface area contributed by atoms with Gasteiger partial charge in [-0.05, 0) is 30.9 Å². The topological polar surface area (TPSA) is 42.2 Å². The van der Waals surface area contributed by atoms with Crippen molar-refractivity contribution >= 4 is 17.4 Å². The van der Waals surface area contributed by atoms with Crippen LogP contribution in [0.2, 0.25) is 5.02 Å². The normalized spacial score (nSPS) is 15.2. The molecule has 0 bridgehead atoms. The highest BCUT2D eigenvalue weighted by molar-refractivity contribution is 6.33. The van der Waals surface area contributed by atoms with Gasteiger partial charge in [0.05, 0.1) is 5.02 Å². The van der Waals surface area contributed by atoms with Gasteiger partial charge in [-0.15, -0.1) is 0 Å². The van der Waals surface area contributed by atoms with Crippen LogP contribution in [0, 0.1) is 0 Å². The van der Waals surface area contributed by atoms with Crippen LogP contribution in [0.3, 0.4) is 0 Å². The maximum Gasteiger partial charge on any atom is 0.147 e. The van der Waals surface area contributed by atoms with Crippen molar-refractivity contribution in [2.45, 2.75) is 38.8 Å². The minimum Gasteiger partial charge on any atom is -0.352 e. The maximum absolute atomic E-state index is 6.25. The second-order valence-corrected chi connectivity index (χ2v) is 4.68. The number of nitrogens with zero attached hydrogens (tertiary/aromatic N) is 2. The zero-order chi connectivity index (χ0) is 11.5. The molecule has 3 nitrogen and oxygen atoms in total.